The Hall–Kier alpha value is -0.910. The molecule has 0 saturated carbocycles. The first kappa shape index (κ1) is 11.2. The summed E-state index contributed by atoms with van der Waals surface area (Å²) in [6.45, 7) is 0. The summed E-state index contributed by atoms with van der Waals surface area (Å²) in [4.78, 5) is 10.4. The Morgan fingerprint density at radius 3 is 2.29 bits per heavy atom. The summed E-state index contributed by atoms with van der Waals surface area (Å²) in [6.07, 6.45) is -4.70. The number of aldehydes is 1. The van der Waals surface area contributed by atoms with E-state index in [0.717, 1.165) is 6.07 Å². The van der Waals surface area contributed by atoms with Crippen LogP contribution in [0.5, 0.6) is 0 Å². The average Bonchev–Trinajstić information content (AvgIpc) is 2.01. The van der Waals surface area contributed by atoms with Crippen molar-refractivity contribution in [3.63, 3.8) is 0 Å². The predicted molar refractivity (Wildman–Crippen MR) is 44.5 cm³/mol. The van der Waals surface area contributed by atoms with Gasteiger partial charge in [-0.25, -0.2) is 4.39 Å². The lowest BCUT2D eigenvalue weighted by molar-refractivity contribution is -0.138. The zero-order valence-corrected chi connectivity index (χ0v) is 8.12. The molecule has 0 fully saturated rings. The third kappa shape index (κ3) is 2.12. The second kappa shape index (κ2) is 3.68. The van der Waals surface area contributed by atoms with E-state index >= 15 is 0 Å². The maximum absolute atomic E-state index is 12.6. The predicted octanol–water partition coefficient (Wildman–Crippen LogP) is 3.42. The Morgan fingerprint density at radius 1 is 1.29 bits per heavy atom. The molecule has 0 unspecified atom stereocenters. The van der Waals surface area contributed by atoms with Crippen LogP contribution in [0.15, 0.2) is 16.6 Å². The molecule has 6 heteroatoms. The summed E-state index contributed by atoms with van der Waals surface area (Å²) in [5.41, 5.74) is -1.88. The molecule has 0 aliphatic heterocycles. The maximum Gasteiger partial charge on any atom is 0.417 e. The highest BCUT2D eigenvalue weighted by Crippen LogP contribution is 2.34. The molecule has 0 aliphatic rings. The molecule has 0 atom stereocenters. The minimum absolute atomic E-state index is 0.0341. The van der Waals surface area contributed by atoms with Gasteiger partial charge in [0.15, 0.2) is 6.29 Å². The van der Waals surface area contributed by atoms with E-state index in [9.17, 15) is 22.4 Å². The summed E-state index contributed by atoms with van der Waals surface area (Å²) < 4.78 is 49.2. The second-order valence-corrected chi connectivity index (χ2v) is 3.32. The van der Waals surface area contributed by atoms with Gasteiger partial charge in [0.1, 0.15) is 5.82 Å². The van der Waals surface area contributed by atoms with Crippen LogP contribution in [0.1, 0.15) is 15.9 Å². The van der Waals surface area contributed by atoms with Crippen LogP contribution in [-0.2, 0) is 6.18 Å². The molecule has 1 aromatic rings. The van der Waals surface area contributed by atoms with E-state index in [2.05, 4.69) is 15.9 Å². The first-order valence-corrected chi connectivity index (χ1v) is 4.17. The van der Waals surface area contributed by atoms with E-state index < -0.39 is 23.1 Å². The number of hydrogen-bond donors (Lipinski definition) is 0. The van der Waals surface area contributed by atoms with Crippen LogP contribution in [-0.4, -0.2) is 6.29 Å². The van der Waals surface area contributed by atoms with E-state index in [4.69, 9.17) is 0 Å². The average molecular weight is 271 g/mol. The highest BCUT2D eigenvalue weighted by Gasteiger charge is 2.34. The minimum atomic E-state index is -4.74. The normalized spacial score (nSPS) is 11.5. The Bertz CT molecular complexity index is 372. The third-order valence-corrected chi connectivity index (χ3v) is 2.17. The quantitative estimate of drug-likeness (QED) is 0.565. The van der Waals surface area contributed by atoms with Crippen molar-refractivity contribution in [1.82, 2.24) is 0 Å². The Kier molecular flexibility index (Phi) is 2.94. The van der Waals surface area contributed by atoms with Crippen LogP contribution in [0.25, 0.3) is 0 Å². The first-order valence-electron chi connectivity index (χ1n) is 3.37. The van der Waals surface area contributed by atoms with Crippen LogP contribution in [0.2, 0.25) is 0 Å². The zero-order chi connectivity index (χ0) is 10.9. The fourth-order valence-electron chi connectivity index (χ4n) is 0.939. The summed E-state index contributed by atoms with van der Waals surface area (Å²) >= 11 is 2.68. The molecule has 0 aromatic heterocycles. The Labute approximate surface area is 84.9 Å². The highest BCUT2D eigenvalue weighted by molar-refractivity contribution is 9.10. The summed E-state index contributed by atoms with van der Waals surface area (Å²) in [6, 6.07) is 1.09. The van der Waals surface area contributed by atoms with Crippen molar-refractivity contribution < 1.29 is 22.4 Å². The maximum atomic E-state index is 12.6. The van der Waals surface area contributed by atoms with Crippen molar-refractivity contribution in [1.29, 1.82) is 0 Å². The van der Waals surface area contributed by atoms with Gasteiger partial charge in [0.05, 0.1) is 5.56 Å². The molecule has 0 N–H and O–H groups in total. The highest BCUT2D eigenvalue weighted by atomic mass is 79.9. The molecule has 0 amide bonds. The molecule has 0 heterocycles. The van der Waals surface area contributed by atoms with Gasteiger partial charge in [-0.3, -0.25) is 4.79 Å². The van der Waals surface area contributed by atoms with Gasteiger partial charge in [-0.2, -0.15) is 13.2 Å². The lowest BCUT2D eigenvalue weighted by atomic mass is 10.1. The van der Waals surface area contributed by atoms with E-state index in [1.165, 1.54) is 0 Å². The smallest absolute Gasteiger partial charge is 0.298 e. The van der Waals surface area contributed by atoms with Crippen molar-refractivity contribution in [2.45, 2.75) is 6.18 Å². The van der Waals surface area contributed by atoms with Gasteiger partial charge in [-0.05, 0) is 28.1 Å². The Morgan fingerprint density at radius 2 is 1.86 bits per heavy atom. The number of rotatable bonds is 1. The molecule has 76 valence electrons. The molecular formula is C8H3BrF4O. The van der Waals surface area contributed by atoms with E-state index in [-0.39, 0.29) is 16.8 Å². The molecule has 0 radical (unpaired) electrons. The number of halogens is 5. The third-order valence-electron chi connectivity index (χ3n) is 1.52. The number of alkyl halides is 3. The fourth-order valence-corrected chi connectivity index (χ4v) is 1.46. The van der Waals surface area contributed by atoms with Crippen LogP contribution in [0.3, 0.4) is 0 Å². The lowest BCUT2D eigenvalue weighted by Crippen LogP contribution is -2.10. The molecule has 14 heavy (non-hydrogen) atoms. The van der Waals surface area contributed by atoms with Crippen molar-refractivity contribution in [2.24, 2.45) is 0 Å². The van der Waals surface area contributed by atoms with Gasteiger partial charge in [0.25, 0.3) is 0 Å². The van der Waals surface area contributed by atoms with Gasteiger partial charge in [-0.15, -0.1) is 0 Å². The SMILES string of the molecule is O=Cc1c(Br)cc(F)cc1C(F)(F)F. The van der Waals surface area contributed by atoms with Gasteiger partial charge in [0.2, 0.25) is 0 Å². The fraction of sp³-hybridized carbons (Fsp3) is 0.125. The van der Waals surface area contributed by atoms with Gasteiger partial charge in [0, 0.05) is 10.0 Å². The van der Waals surface area contributed by atoms with Crippen molar-refractivity contribution >= 4 is 22.2 Å². The number of carbonyl (C=O) groups is 1. The first-order chi connectivity index (χ1) is 6.36. The molecule has 0 bridgehead atoms. The monoisotopic (exact) mass is 270 g/mol. The molecule has 0 saturated heterocycles. The molecule has 1 nitrogen and oxygen atoms in total. The molecule has 1 rings (SSSR count). The standard InChI is InChI=1S/C8H3BrF4O/c9-7-2-4(10)1-6(5(7)3-14)8(11,12)13/h1-3H. The Balaban J connectivity index is 3.48. The summed E-state index contributed by atoms with van der Waals surface area (Å²) in [7, 11) is 0. The largest absolute Gasteiger partial charge is 0.417 e. The van der Waals surface area contributed by atoms with Crippen LogP contribution >= 0.6 is 15.9 Å². The van der Waals surface area contributed by atoms with Crippen molar-refractivity contribution in [2.75, 3.05) is 0 Å². The zero-order valence-electron chi connectivity index (χ0n) is 6.53. The van der Waals surface area contributed by atoms with E-state index in [1.54, 1.807) is 0 Å². The van der Waals surface area contributed by atoms with Crippen LogP contribution in [0, 0.1) is 5.82 Å². The molecule has 1 aromatic carbocycles. The van der Waals surface area contributed by atoms with Crippen LogP contribution < -0.4 is 0 Å². The topological polar surface area (TPSA) is 17.1 Å². The van der Waals surface area contributed by atoms with Gasteiger partial charge < -0.3 is 0 Å². The summed E-state index contributed by atoms with van der Waals surface area (Å²) in [5, 5.41) is 0. The number of benzene rings is 1. The molecule has 0 spiro atoms. The van der Waals surface area contributed by atoms with Crippen molar-refractivity contribution in [3.8, 4) is 0 Å². The van der Waals surface area contributed by atoms with Crippen LogP contribution in [0.4, 0.5) is 17.6 Å². The number of hydrogen-bond acceptors (Lipinski definition) is 1. The lowest BCUT2D eigenvalue weighted by Gasteiger charge is -2.10. The minimum Gasteiger partial charge on any atom is -0.298 e. The molecule has 0 aliphatic carbocycles. The summed E-state index contributed by atoms with van der Waals surface area (Å²) in [5.74, 6) is -1.05. The van der Waals surface area contributed by atoms with Gasteiger partial charge >= 0.3 is 6.18 Å². The van der Waals surface area contributed by atoms with E-state index in [0.29, 0.717) is 0 Å². The van der Waals surface area contributed by atoms with Crippen molar-refractivity contribution in [3.05, 3.63) is 33.5 Å². The number of carbonyl (C=O) groups excluding carboxylic acids is 1. The second-order valence-electron chi connectivity index (χ2n) is 2.46. The van der Waals surface area contributed by atoms with Gasteiger partial charge in [-0.1, -0.05) is 0 Å². The molecular weight excluding hydrogens is 268 g/mol. The van der Waals surface area contributed by atoms with E-state index in [1.807, 2.05) is 0 Å².